The molecule has 18 heavy (non-hydrogen) atoms. The van der Waals surface area contributed by atoms with Crippen molar-refractivity contribution in [3.05, 3.63) is 35.6 Å². The Hall–Kier alpha value is -2.11. The zero-order valence-electron chi connectivity index (χ0n) is 10.2. The molecule has 0 aromatic heterocycles. The number of oxime groups is 1. The monoisotopic (exact) mass is 253 g/mol. The van der Waals surface area contributed by atoms with Gasteiger partial charge in [-0.3, -0.25) is 4.79 Å². The third-order valence-corrected chi connectivity index (χ3v) is 2.49. The average Bonchev–Trinajstić information content (AvgIpc) is 2.35. The minimum atomic E-state index is -0.576. The molecule has 0 fully saturated rings. The molecule has 1 unspecified atom stereocenters. The molecule has 6 heteroatoms. The first-order valence-corrected chi connectivity index (χ1v) is 5.49. The van der Waals surface area contributed by atoms with Gasteiger partial charge in [0.1, 0.15) is 5.82 Å². The Morgan fingerprint density at radius 1 is 1.39 bits per heavy atom. The predicted octanol–water partition coefficient (Wildman–Crippen LogP) is 1.33. The molecule has 0 aliphatic rings. The Kier molecular flexibility index (Phi) is 4.65. The Morgan fingerprint density at radius 3 is 2.39 bits per heavy atom. The summed E-state index contributed by atoms with van der Waals surface area (Å²) in [6.07, 6.45) is 0. The van der Waals surface area contributed by atoms with Crippen LogP contribution in [0.3, 0.4) is 0 Å². The number of nitrogens with one attached hydrogen (secondary N) is 1. The van der Waals surface area contributed by atoms with E-state index < -0.39 is 17.8 Å². The number of hydrogen-bond donors (Lipinski definition) is 3. The summed E-state index contributed by atoms with van der Waals surface area (Å²) in [5.74, 6) is -0.922. The van der Waals surface area contributed by atoms with Crippen LogP contribution in [-0.4, -0.2) is 23.0 Å². The Balaban J connectivity index is 2.82. The van der Waals surface area contributed by atoms with E-state index in [1.807, 2.05) is 13.8 Å². The minimum Gasteiger partial charge on any atom is -0.409 e. The molecule has 4 N–H and O–H groups in total. The molecule has 1 atom stereocenters. The molecule has 0 saturated heterocycles. The smallest absolute Gasteiger partial charge is 0.251 e. The van der Waals surface area contributed by atoms with E-state index in [2.05, 4.69) is 10.5 Å². The number of carbonyl (C=O) groups excluding carboxylic acids is 1. The molecule has 1 amide bonds. The first-order valence-electron chi connectivity index (χ1n) is 5.49. The van der Waals surface area contributed by atoms with Gasteiger partial charge in [-0.2, -0.15) is 0 Å². The van der Waals surface area contributed by atoms with Crippen LogP contribution in [0, 0.1) is 11.7 Å². The first-order chi connectivity index (χ1) is 8.45. The lowest BCUT2D eigenvalue weighted by atomic mass is 10.0. The van der Waals surface area contributed by atoms with E-state index in [9.17, 15) is 9.18 Å². The molecule has 98 valence electrons. The molecule has 0 heterocycles. The van der Waals surface area contributed by atoms with Crippen molar-refractivity contribution in [2.75, 3.05) is 0 Å². The van der Waals surface area contributed by atoms with Crippen LogP contribution >= 0.6 is 0 Å². The molecule has 1 aromatic rings. The van der Waals surface area contributed by atoms with Gasteiger partial charge in [0.25, 0.3) is 5.91 Å². The van der Waals surface area contributed by atoms with Crippen molar-refractivity contribution in [3.63, 3.8) is 0 Å². The second kappa shape index (κ2) is 6.00. The maximum atomic E-state index is 12.7. The highest BCUT2D eigenvalue weighted by atomic mass is 19.1. The average molecular weight is 253 g/mol. The van der Waals surface area contributed by atoms with Crippen molar-refractivity contribution in [2.45, 2.75) is 19.9 Å². The fourth-order valence-corrected chi connectivity index (χ4v) is 1.47. The van der Waals surface area contributed by atoms with Gasteiger partial charge in [-0.05, 0) is 30.2 Å². The number of hydrogen-bond acceptors (Lipinski definition) is 3. The van der Waals surface area contributed by atoms with Gasteiger partial charge < -0.3 is 16.3 Å². The molecule has 1 aromatic carbocycles. The molecule has 0 aliphatic carbocycles. The number of carbonyl (C=O) groups is 1. The molecule has 0 bridgehead atoms. The third-order valence-electron chi connectivity index (χ3n) is 2.49. The lowest BCUT2D eigenvalue weighted by Crippen LogP contribution is -2.47. The number of rotatable bonds is 4. The van der Waals surface area contributed by atoms with Gasteiger partial charge in [-0.25, -0.2) is 4.39 Å². The summed E-state index contributed by atoms with van der Waals surface area (Å²) in [7, 11) is 0. The topological polar surface area (TPSA) is 87.7 Å². The van der Waals surface area contributed by atoms with Crippen molar-refractivity contribution >= 4 is 11.7 Å². The van der Waals surface area contributed by atoms with Gasteiger partial charge in [0.05, 0.1) is 6.04 Å². The second-order valence-corrected chi connectivity index (χ2v) is 4.23. The number of benzene rings is 1. The third kappa shape index (κ3) is 3.44. The second-order valence-electron chi connectivity index (χ2n) is 4.23. The first kappa shape index (κ1) is 14.0. The highest BCUT2D eigenvalue weighted by Gasteiger charge is 2.21. The van der Waals surface area contributed by atoms with E-state index in [-0.39, 0.29) is 11.8 Å². The van der Waals surface area contributed by atoms with Crippen molar-refractivity contribution in [1.82, 2.24) is 5.32 Å². The van der Waals surface area contributed by atoms with E-state index in [0.29, 0.717) is 5.56 Å². The summed E-state index contributed by atoms with van der Waals surface area (Å²) < 4.78 is 12.7. The Morgan fingerprint density at radius 2 is 1.94 bits per heavy atom. The van der Waals surface area contributed by atoms with Gasteiger partial charge in [0.15, 0.2) is 5.84 Å². The SMILES string of the molecule is CC(C)C(NC(=O)c1ccc(F)cc1)C(N)=NO. The van der Waals surface area contributed by atoms with E-state index in [4.69, 9.17) is 10.9 Å². The molecule has 0 aliphatic heterocycles. The van der Waals surface area contributed by atoms with E-state index in [1.54, 1.807) is 0 Å². The van der Waals surface area contributed by atoms with Crippen LogP contribution in [0.2, 0.25) is 0 Å². The quantitative estimate of drug-likeness (QED) is 0.327. The number of nitrogens with two attached hydrogens (primary N) is 1. The maximum absolute atomic E-state index is 12.7. The van der Waals surface area contributed by atoms with E-state index in [0.717, 1.165) is 0 Å². The molecule has 1 rings (SSSR count). The van der Waals surface area contributed by atoms with Crippen LogP contribution in [0.4, 0.5) is 4.39 Å². The van der Waals surface area contributed by atoms with E-state index in [1.165, 1.54) is 24.3 Å². The van der Waals surface area contributed by atoms with Crippen molar-refractivity contribution in [3.8, 4) is 0 Å². The number of amides is 1. The van der Waals surface area contributed by atoms with Gasteiger partial charge in [-0.15, -0.1) is 0 Å². The van der Waals surface area contributed by atoms with Crippen LogP contribution in [-0.2, 0) is 0 Å². The molecule has 0 radical (unpaired) electrons. The van der Waals surface area contributed by atoms with Crippen LogP contribution in [0.5, 0.6) is 0 Å². The molecule has 5 nitrogen and oxygen atoms in total. The standard InChI is InChI=1S/C12H16FN3O2/c1-7(2)10(11(14)16-18)15-12(17)8-3-5-9(13)6-4-8/h3-7,10,18H,1-2H3,(H2,14,16)(H,15,17). The molecular formula is C12H16FN3O2. The fraction of sp³-hybridized carbons (Fsp3) is 0.333. The van der Waals surface area contributed by atoms with Crippen molar-refractivity contribution in [1.29, 1.82) is 0 Å². The highest BCUT2D eigenvalue weighted by Crippen LogP contribution is 2.06. The minimum absolute atomic E-state index is 0.0368. The zero-order valence-corrected chi connectivity index (χ0v) is 10.2. The number of amidine groups is 1. The van der Waals surface area contributed by atoms with Crippen LogP contribution in [0.25, 0.3) is 0 Å². The lowest BCUT2D eigenvalue weighted by molar-refractivity contribution is 0.0939. The summed E-state index contributed by atoms with van der Waals surface area (Å²) in [6.45, 7) is 3.65. The van der Waals surface area contributed by atoms with Crippen LogP contribution in [0.15, 0.2) is 29.4 Å². The summed E-state index contributed by atoms with van der Waals surface area (Å²) in [5.41, 5.74) is 5.81. The van der Waals surface area contributed by atoms with Gasteiger partial charge in [0, 0.05) is 5.56 Å². The molecule has 0 saturated carbocycles. The van der Waals surface area contributed by atoms with Crippen LogP contribution < -0.4 is 11.1 Å². The summed E-state index contributed by atoms with van der Waals surface area (Å²) in [6, 6.07) is 4.56. The number of nitrogens with zero attached hydrogens (tertiary/aromatic N) is 1. The Labute approximate surface area is 104 Å². The van der Waals surface area contributed by atoms with E-state index >= 15 is 0 Å². The van der Waals surface area contributed by atoms with Crippen LogP contribution in [0.1, 0.15) is 24.2 Å². The van der Waals surface area contributed by atoms with Crippen molar-refractivity contribution in [2.24, 2.45) is 16.8 Å². The van der Waals surface area contributed by atoms with Gasteiger partial charge >= 0.3 is 0 Å². The zero-order chi connectivity index (χ0) is 13.7. The molecule has 0 spiro atoms. The lowest BCUT2D eigenvalue weighted by Gasteiger charge is -2.20. The number of halogens is 1. The fourth-order valence-electron chi connectivity index (χ4n) is 1.47. The highest BCUT2D eigenvalue weighted by molar-refractivity contribution is 5.98. The summed E-state index contributed by atoms with van der Waals surface area (Å²) in [5, 5.41) is 14.2. The van der Waals surface area contributed by atoms with Gasteiger partial charge in [0.2, 0.25) is 0 Å². The predicted molar refractivity (Wildman–Crippen MR) is 65.9 cm³/mol. The molecular weight excluding hydrogens is 237 g/mol. The summed E-state index contributed by atoms with van der Waals surface area (Å²) >= 11 is 0. The normalized spacial score (nSPS) is 13.4. The largest absolute Gasteiger partial charge is 0.409 e. The van der Waals surface area contributed by atoms with Crippen molar-refractivity contribution < 1.29 is 14.4 Å². The summed E-state index contributed by atoms with van der Waals surface area (Å²) in [4.78, 5) is 11.9. The van der Waals surface area contributed by atoms with Gasteiger partial charge in [-0.1, -0.05) is 19.0 Å². The Bertz CT molecular complexity index is 443. The maximum Gasteiger partial charge on any atom is 0.251 e.